The summed E-state index contributed by atoms with van der Waals surface area (Å²) in [5, 5.41) is 6.13. The molecule has 1 aliphatic rings. The number of hydrogen-bond donors (Lipinski definition) is 2. The summed E-state index contributed by atoms with van der Waals surface area (Å²) in [6.07, 6.45) is 5.51. The first-order valence-electron chi connectivity index (χ1n) is 6.84. The molecule has 1 aromatic heterocycles. The second-order valence-corrected chi connectivity index (χ2v) is 5.08. The van der Waals surface area contributed by atoms with Gasteiger partial charge in [-0.05, 0) is 11.1 Å². The van der Waals surface area contributed by atoms with Crippen molar-refractivity contribution in [1.82, 2.24) is 20.2 Å². The number of nitrogens with zero attached hydrogens (tertiary/aromatic N) is 2. The fraction of sp³-hybridized carbons (Fsp3) is 0.333. The number of amides is 1. The van der Waals surface area contributed by atoms with E-state index in [-0.39, 0.29) is 24.2 Å². The summed E-state index contributed by atoms with van der Waals surface area (Å²) in [5.74, 6) is 0.275. The molecule has 0 unspecified atom stereocenters. The molecule has 6 heteroatoms. The summed E-state index contributed by atoms with van der Waals surface area (Å²) in [6, 6.07) is 8.18. The van der Waals surface area contributed by atoms with Crippen molar-refractivity contribution in [3.63, 3.8) is 0 Å². The van der Waals surface area contributed by atoms with Crippen LogP contribution >= 0.6 is 12.4 Å². The Kier molecular flexibility index (Phi) is 5.36. The van der Waals surface area contributed by atoms with Crippen LogP contribution in [0.15, 0.2) is 43.0 Å². The molecule has 0 aliphatic carbocycles. The predicted octanol–water partition coefficient (Wildman–Crippen LogP) is 1.19. The van der Waals surface area contributed by atoms with Gasteiger partial charge in [0.1, 0.15) is 0 Å². The van der Waals surface area contributed by atoms with E-state index in [2.05, 4.69) is 27.8 Å². The van der Waals surface area contributed by atoms with Gasteiger partial charge in [-0.15, -0.1) is 12.4 Å². The first-order valence-corrected chi connectivity index (χ1v) is 6.84. The third-order valence-corrected chi connectivity index (χ3v) is 3.64. The third-order valence-electron chi connectivity index (χ3n) is 3.64. The van der Waals surface area contributed by atoms with Crippen LogP contribution in [0.5, 0.6) is 0 Å². The van der Waals surface area contributed by atoms with E-state index in [9.17, 15) is 4.79 Å². The Morgan fingerprint density at radius 1 is 1.33 bits per heavy atom. The number of rotatable bonds is 5. The molecular formula is C15H19ClN4O. The van der Waals surface area contributed by atoms with Crippen LogP contribution in [-0.2, 0) is 17.9 Å². The lowest BCUT2D eigenvalue weighted by molar-refractivity contribution is -0.126. The van der Waals surface area contributed by atoms with Gasteiger partial charge in [-0.3, -0.25) is 4.79 Å². The van der Waals surface area contributed by atoms with Crippen LogP contribution in [0.2, 0.25) is 0 Å². The molecule has 0 atom stereocenters. The standard InChI is InChI=1S/C15H18N4O.ClH/c20-15(14-7-17-8-14)18-9-12-3-1-2-4-13(12)10-19-6-5-16-11-19;/h1-6,11,14,17H,7-10H2,(H,18,20);1H. The highest BCUT2D eigenvalue weighted by Crippen LogP contribution is 2.11. The van der Waals surface area contributed by atoms with Gasteiger partial charge < -0.3 is 15.2 Å². The number of nitrogens with one attached hydrogen (secondary N) is 2. The molecule has 2 aromatic rings. The summed E-state index contributed by atoms with van der Waals surface area (Å²) in [4.78, 5) is 15.9. The van der Waals surface area contributed by atoms with E-state index in [1.54, 1.807) is 12.5 Å². The molecule has 0 radical (unpaired) electrons. The summed E-state index contributed by atoms with van der Waals surface area (Å²) in [7, 11) is 0. The largest absolute Gasteiger partial charge is 0.352 e. The minimum atomic E-state index is 0. The summed E-state index contributed by atoms with van der Waals surface area (Å²) in [5.41, 5.74) is 2.36. The average Bonchev–Trinajstić information content (AvgIpc) is 2.88. The maximum atomic E-state index is 11.9. The van der Waals surface area contributed by atoms with Gasteiger partial charge in [0.15, 0.2) is 0 Å². The first-order chi connectivity index (χ1) is 9.83. The lowest BCUT2D eigenvalue weighted by atomic mass is 10.0. The molecule has 1 amide bonds. The Balaban J connectivity index is 0.00000161. The molecule has 1 aliphatic heterocycles. The zero-order chi connectivity index (χ0) is 13.8. The fourth-order valence-electron chi connectivity index (χ4n) is 2.26. The van der Waals surface area contributed by atoms with Gasteiger partial charge in [0, 0.05) is 38.6 Å². The minimum Gasteiger partial charge on any atom is -0.352 e. The Morgan fingerprint density at radius 2 is 2.10 bits per heavy atom. The van der Waals surface area contributed by atoms with Gasteiger partial charge in [0.2, 0.25) is 5.91 Å². The molecule has 2 heterocycles. The number of carbonyl (C=O) groups is 1. The molecule has 112 valence electrons. The smallest absolute Gasteiger partial charge is 0.225 e. The van der Waals surface area contributed by atoms with E-state index >= 15 is 0 Å². The van der Waals surface area contributed by atoms with Crippen LogP contribution in [0.1, 0.15) is 11.1 Å². The van der Waals surface area contributed by atoms with Crippen molar-refractivity contribution < 1.29 is 4.79 Å². The minimum absolute atomic E-state index is 0. The highest BCUT2D eigenvalue weighted by atomic mass is 35.5. The van der Waals surface area contributed by atoms with Crippen LogP contribution in [0.3, 0.4) is 0 Å². The number of imidazole rings is 1. The molecular weight excluding hydrogens is 288 g/mol. The second kappa shape index (κ2) is 7.24. The van der Waals surface area contributed by atoms with Gasteiger partial charge in [0.25, 0.3) is 0 Å². The van der Waals surface area contributed by atoms with Gasteiger partial charge in [-0.25, -0.2) is 4.98 Å². The third kappa shape index (κ3) is 3.83. The van der Waals surface area contributed by atoms with Crippen LogP contribution in [0, 0.1) is 5.92 Å². The molecule has 0 bridgehead atoms. The van der Waals surface area contributed by atoms with Crippen molar-refractivity contribution in [2.45, 2.75) is 13.1 Å². The average molecular weight is 307 g/mol. The molecule has 1 fully saturated rings. The van der Waals surface area contributed by atoms with Crippen molar-refractivity contribution in [3.05, 3.63) is 54.1 Å². The molecule has 21 heavy (non-hydrogen) atoms. The van der Waals surface area contributed by atoms with E-state index in [1.807, 2.05) is 22.9 Å². The van der Waals surface area contributed by atoms with Crippen molar-refractivity contribution in [2.24, 2.45) is 5.92 Å². The molecule has 3 rings (SSSR count). The van der Waals surface area contributed by atoms with Crippen LogP contribution in [0.4, 0.5) is 0 Å². The maximum Gasteiger partial charge on any atom is 0.225 e. The second-order valence-electron chi connectivity index (χ2n) is 5.08. The SMILES string of the molecule is Cl.O=C(NCc1ccccc1Cn1ccnc1)C1CNC1. The first kappa shape index (κ1) is 15.5. The van der Waals surface area contributed by atoms with E-state index in [1.165, 1.54) is 5.56 Å². The summed E-state index contributed by atoms with van der Waals surface area (Å²) in [6.45, 7) is 2.95. The quantitative estimate of drug-likeness (QED) is 0.872. The van der Waals surface area contributed by atoms with Crippen molar-refractivity contribution in [1.29, 1.82) is 0 Å². The van der Waals surface area contributed by atoms with Crippen molar-refractivity contribution in [2.75, 3.05) is 13.1 Å². The number of hydrogen-bond acceptors (Lipinski definition) is 3. The monoisotopic (exact) mass is 306 g/mol. The van der Waals surface area contributed by atoms with Crippen LogP contribution in [0.25, 0.3) is 0 Å². The van der Waals surface area contributed by atoms with Crippen LogP contribution < -0.4 is 10.6 Å². The van der Waals surface area contributed by atoms with E-state index < -0.39 is 0 Å². The Labute approximate surface area is 130 Å². The normalized spacial score (nSPS) is 14.1. The van der Waals surface area contributed by atoms with E-state index in [0.717, 1.165) is 25.2 Å². The summed E-state index contributed by atoms with van der Waals surface area (Å²) < 4.78 is 2.02. The fourth-order valence-corrected chi connectivity index (χ4v) is 2.26. The molecule has 0 spiro atoms. The van der Waals surface area contributed by atoms with E-state index in [0.29, 0.717) is 6.54 Å². The zero-order valence-electron chi connectivity index (χ0n) is 11.7. The van der Waals surface area contributed by atoms with Crippen molar-refractivity contribution >= 4 is 18.3 Å². The molecule has 5 nitrogen and oxygen atoms in total. The van der Waals surface area contributed by atoms with Gasteiger partial charge >= 0.3 is 0 Å². The van der Waals surface area contributed by atoms with Gasteiger partial charge in [0.05, 0.1) is 12.2 Å². The highest BCUT2D eigenvalue weighted by molar-refractivity contribution is 5.85. The number of carbonyl (C=O) groups excluding carboxylic acids is 1. The topological polar surface area (TPSA) is 59.0 Å². The Morgan fingerprint density at radius 3 is 2.71 bits per heavy atom. The molecule has 0 saturated carbocycles. The Hall–Kier alpha value is -1.85. The molecule has 1 aromatic carbocycles. The number of halogens is 1. The zero-order valence-corrected chi connectivity index (χ0v) is 12.5. The Bertz CT molecular complexity index is 581. The lowest BCUT2D eigenvalue weighted by Crippen LogP contribution is -2.50. The lowest BCUT2D eigenvalue weighted by Gasteiger charge is -2.26. The summed E-state index contributed by atoms with van der Waals surface area (Å²) >= 11 is 0. The molecule has 1 saturated heterocycles. The maximum absolute atomic E-state index is 11.9. The highest BCUT2D eigenvalue weighted by Gasteiger charge is 2.24. The van der Waals surface area contributed by atoms with Crippen molar-refractivity contribution in [3.8, 4) is 0 Å². The molecule has 2 N–H and O–H groups in total. The number of benzene rings is 1. The van der Waals surface area contributed by atoms with Crippen LogP contribution in [-0.4, -0.2) is 28.5 Å². The van der Waals surface area contributed by atoms with Gasteiger partial charge in [-0.2, -0.15) is 0 Å². The predicted molar refractivity (Wildman–Crippen MR) is 83.2 cm³/mol. The number of aromatic nitrogens is 2. The van der Waals surface area contributed by atoms with E-state index in [4.69, 9.17) is 0 Å². The van der Waals surface area contributed by atoms with Gasteiger partial charge in [-0.1, -0.05) is 24.3 Å².